The Kier molecular flexibility index (Phi) is 36.5. The van der Waals surface area contributed by atoms with Gasteiger partial charge in [-0.2, -0.15) is 0 Å². The number of hydrogen-bond donors (Lipinski definition) is 6. The van der Waals surface area contributed by atoms with Crippen LogP contribution < -0.4 is 30.7 Å². The lowest BCUT2D eigenvalue weighted by molar-refractivity contribution is 0.143. The van der Waals surface area contributed by atoms with Crippen LogP contribution in [0, 0.1) is 41.5 Å². The number of rotatable bonds is 24. The molecule has 14 nitrogen and oxygen atoms in total. The van der Waals surface area contributed by atoms with Crippen molar-refractivity contribution in [2.45, 2.75) is 152 Å². The number of hydrogen-bond acceptors (Lipinski definition) is 10. The molecule has 0 aromatic heterocycles. The maximum atomic E-state index is 11.9. The van der Waals surface area contributed by atoms with Gasteiger partial charge in [-0.1, -0.05) is 120 Å². The number of aliphatic hydroxyl groups is 1. The van der Waals surface area contributed by atoms with E-state index in [4.69, 9.17) is 24.1 Å². The van der Waals surface area contributed by atoms with Gasteiger partial charge in [-0.25, -0.2) is 19.2 Å². The third-order valence-electron chi connectivity index (χ3n) is 9.90. The number of amides is 4. The lowest BCUT2D eigenvalue weighted by atomic mass is 10.1. The fraction of sp³-hybridized carbons (Fsp3) is 0.577. The van der Waals surface area contributed by atoms with Crippen molar-refractivity contribution in [3.05, 3.63) is 88.0 Å². The quantitative estimate of drug-likeness (QED) is 0.0471. The number of aryl methyl sites for hydroxylation is 6. The van der Waals surface area contributed by atoms with Crippen molar-refractivity contribution >= 4 is 24.4 Å². The summed E-state index contributed by atoms with van der Waals surface area (Å²) < 4.78 is 20.8. The highest BCUT2D eigenvalue weighted by molar-refractivity contribution is 5.72. The molecule has 0 heterocycles. The van der Waals surface area contributed by atoms with Gasteiger partial charge in [0.05, 0.1) is 13.2 Å². The number of benzene rings is 3. The molecule has 3 rings (SSSR count). The average Bonchev–Trinajstić information content (AvgIpc) is 3.28. The summed E-state index contributed by atoms with van der Waals surface area (Å²) in [6.07, 6.45) is 11.9. The average molecular weight is 925 g/mol. The van der Waals surface area contributed by atoms with Crippen molar-refractivity contribution in [3.8, 4) is 17.2 Å². The van der Waals surface area contributed by atoms with Crippen LogP contribution in [0.3, 0.4) is 0 Å². The molecule has 4 amide bonds. The van der Waals surface area contributed by atoms with Crippen molar-refractivity contribution in [1.29, 1.82) is 0 Å². The minimum atomic E-state index is -0.427. The monoisotopic (exact) mass is 925 g/mol. The summed E-state index contributed by atoms with van der Waals surface area (Å²) in [6.45, 7) is 21.3. The van der Waals surface area contributed by atoms with Crippen molar-refractivity contribution < 1.29 is 48.3 Å². The first kappa shape index (κ1) is 60.5. The first-order valence-electron chi connectivity index (χ1n) is 23.9. The maximum absolute atomic E-state index is 11.9. The Labute approximate surface area is 396 Å². The second-order valence-corrected chi connectivity index (χ2v) is 16.1. The Morgan fingerprint density at radius 1 is 0.424 bits per heavy atom. The summed E-state index contributed by atoms with van der Waals surface area (Å²) >= 11 is 0. The minimum absolute atomic E-state index is 0.329. The molecule has 0 atom stereocenters. The molecule has 66 heavy (non-hydrogen) atoms. The molecule has 0 spiro atoms. The predicted molar refractivity (Wildman–Crippen MR) is 265 cm³/mol. The van der Waals surface area contributed by atoms with Crippen molar-refractivity contribution in [3.63, 3.8) is 0 Å². The van der Waals surface area contributed by atoms with E-state index in [1.165, 1.54) is 0 Å². The van der Waals surface area contributed by atoms with Crippen LogP contribution in [0.5, 0.6) is 17.2 Å². The van der Waals surface area contributed by atoms with Crippen LogP contribution in [0.4, 0.5) is 19.2 Å². The molecule has 0 aliphatic heterocycles. The van der Waals surface area contributed by atoms with E-state index in [1.807, 2.05) is 96.1 Å². The minimum Gasteiger partial charge on any atom is -0.507 e. The maximum Gasteiger partial charge on any atom is 0.412 e. The molecular weight excluding hydrogens is 841 g/mol. The summed E-state index contributed by atoms with van der Waals surface area (Å²) in [5.41, 5.74) is 5.63. The lowest BCUT2D eigenvalue weighted by Crippen LogP contribution is -2.28. The first-order chi connectivity index (χ1) is 31.7. The summed E-state index contributed by atoms with van der Waals surface area (Å²) in [6, 6.07) is 17.3. The Bertz CT molecular complexity index is 1610. The van der Waals surface area contributed by atoms with E-state index in [-0.39, 0.29) is 12.2 Å². The van der Waals surface area contributed by atoms with Crippen LogP contribution in [0.1, 0.15) is 144 Å². The van der Waals surface area contributed by atoms with Gasteiger partial charge in [0.1, 0.15) is 17.2 Å². The van der Waals surface area contributed by atoms with Gasteiger partial charge in [0.15, 0.2) is 0 Å². The van der Waals surface area contributed by atoms with E-state index in [9.17, 15) is 24.3 Å². The molecule has 0 saturated carbocycles. The number of phenols is 1. The molecule has 3 aromatic carbocycles. The fourth-order valence-electron chi connectivity index (χ4n) is 5.83. The zero-order valence-electron chi connectivity index (χ0n) is 41.7. The van der Waals surface area contributed by atoms with Gasteiger partial charge in [-0.05, 0) is 120 Å². The summed E-state index contributed by atoms with van der Waals surface area (Å²) in [4.78, 5) is 46.3. The normalized spacial score (nSPS) is 10.0. The number of ether oxygens (including phenoxy) is 4. The molecule has 0 fully saturated rings. The zero-order chi connectivity index (χ0) is 49.4. The SMILES string of the molecule is CCCCO.CCCCOC(=O)NCCCCCCNC(=O)OCCCC.Cc1cccc(C)c1O.Cc1cccc(C)c1OC(=O)NCCCCCCNC(=O)Oc1c(C)cccc1C. The molecule has 0 unspecified atom stereocenters. The smallest absolute Gasteiger partial charge is 0.412 e. The molecule has 0 bridgehead atoms. The molecule has 0 aliphatic carbocycles. The van der Waals surface area contributed by atoms with E-state index in [0.29, 0.717) is 63.2 Å². The van der Waals surface area contributed by atoms with Crippen LogP contribution in [0.15, 0.2) is 54.6 Å². The van der Waals surface area contributed by atoms with E-state index in [0.717, 1.165) is 123 Å². The third kappa shape index (κ3) is 31.4. The van der Waals surface area contributed by atoms with Gasteiger partial charge in [-0.3, -0.25) is 0 Å². The van der Waals surface area contributed by atoms with E-state index in [2.05, 4.69) is 42.0 Å². The molecular formula is C52H84N4O10. The number of phenolic OH excluding ortho intramolecular Hbond substituents is 1. The van der Waals surface area contributed by atoms with Gasteiger partial charge in [0.25, 0.3) is 0 Å². The van der Waals surface area contributed by atoms with Crippen molar-refractivity contribution in [1.82, 2.24) is 21.3 Å². The van der Waals surface area contributed by atoms with Gasteiger partial charge >= 0.3 is 24.4 Å². The highest BCUT2D eigenvalue weighted by Gasteiger charge is 2.10. The summed E-state index contributed by atoms with van der Waals surface area (Å²) in [5.74, 6) is 1.65. The Morgan fingerprint density at radius 3 is 0.970 bits per heavy atom. The number of carbonyl (C=O) groups is 4. The van der Waals surface area contributed by atoms with Crippen LogP contribution in [0.2, 0.25) is 0 Å². The van der Waals surface area contributed by atoms with Gasteiger partial charge in [0.2, 0.25) is 0 Å². The summed E-state index contributed by atoms with van der Waals surface area (Å²) in [7, 11) is 0. The number of aromatic hydroxyl groups is 1. The Balaban J connectivity index is 0.00000102. The largest absolute Gasteiger partial charge is 0.507 e. The second-order valence-electron chi connectivity index (χ2n) is 16.1. The van der Waals surface area contributed by atoms with E-state index < -0.39 is 12.2 Å². The molecule has 0 aliphatic rings. The standard InChI is InChI=1S/C24H32N2O4.C16H32N2O4.C8H10O.C4H10O/c1-17-11-9-12-18(2)21(17)29-23(27)25-15-7-5-6-8-16-26-24(28)30-22-19(3)13-10-14-20(22)4;1-3-5-13-21-15(19)17-11-9-7-8-10-12-18-16(20)22-14-6-4-2;1-6-4-3-5-7(2)8(6)9;1-2-3-4-5/h9-14H,5-8,15-16H2,1-4H3,(H,25,27)(H,26,28);3-14H2,1-2H3,(H,17,19)(H,18,20);3-5,9H,1-2H3;5H,2-4H2,1H3. The first-order valence-corrected chi connectivity index (χ1v) is 23.9. The Morgan fingerprint density at radius 2 is 0.712 bits per heavy atom. The zero-order valence-corrected chi connectivity index (χ0v) is 41.7. The predicted octanol–water partition coefficient (Wildman–Crippen LogP) is 11.7. The molecule has 0 saturated heterocycles. The summed E-state index contributed by atoms with van der Waals surface area (Å²) in [5, 5.41) is 28.3. The molecule has 372 valence electrons. The van der Waals surface area contributed by atoms with Crippen LogP contribution in [-0.2, 0) is 9.47 Å². The van der Waals surface area contributed by atoms with E-state index >= 15 is 0 Å². The number of carbonyl (C=O) groups excluding carboxylic acids is 4. The number of nitrogens with one attached hydrogen (secondary N) is 4. The van der Waals surface area contributed by atoms with Gasteiger partial charge in [0, 0.05) is 32.8 Å². The molecule has 0 radical (unpaired) electrons. The van der Waals surface area contributed by atoms with Crippen LogP contribution >= 0.6 is 0 Å². The second kappa shape index (κ2) is 39.8. The fourth-order valence-corrected chi connectivity index (χ4v) is 5.83. The molecule has 14 heteroatoms. The van der Waals surface area contributed by atoms with Crippen LogP contribution in [0.25, 0.3) is 0 Å². The van der Waals surface area contributed by atoms with Crippen molar-refractivity contribution in [2.24, 2.45) is 0 Å². The highest BCUT2D eigenvalue weighted by Crippen LogP contribution is 2.23. The molecule has 6 N–H and O–H groups in total. The van der Waals surface area contributed by atoms with Crippen molar-refractivity contribution in [2.75, 3.05) is 46.0 Å². The lowest BCUT2D eigenvalue weighted by Gasteiger charge is -2.11. The third-order valence-corrected chi connectivity index (χ3v) is 9.90. The van der Waals surface area contributed by atoms with E-state index in [1.54, 1.807) is 0 Å². The van der Waals surface area contributed by atoms with Gasteiger partial charge in [-0.15, -0.1) is 0 Å². The number of aliphatic hydroxyl groups excluding tert-OH is 1. The Hall–Kier alpha value is -5.50. The van der Waals surface area contributed by atoms with Crippen LogP contribution in [-0.4, -0.2) is 80.6 Å². The highest BCUT2D eigenvalue weighted by atomic mass is 16.6. The molecule has 3 aromatic rings. The number of unbranched alkanes of at least 4 members (excludes halogenated alkanes) is 9. The number of para-hydroxylation sites is 3. The number of alkyl carbamates (subject to hydrolysis) is 2. The van der Waals surface area contributed by atoms with Gasteiger partial charge < -0.3 is 50.4 Å². The topological polar surface area (TPSA) is 194 Å².